The third kappa shape index (κ3) is 3.32. The molecule has 0 saturated heterocycles. The molecule has 1 aromatic carbocycles. The Kier molecular flexibility index (Phi) is 3.96. The van der Waals surface area contributed by atoms with Crippen LogP contribution in [0.25, 0.3) is 6.08 Å². The van der Waals surface area contributed by atoms with E-state index in [2.05, 4.69) is 43.9 Å². The molecule has 0 aromatic heterocycles. The average molecular weight is 225 g/mol. The summed E-state index contributed by atoms with van der Waals surface area (Å²) in [6, 6.07) is 9.74. The minimum Gasteiger partial charge on any atom is -0.130 e. The van der Waals surface area contributed by atoms with Crippen molar-refractivity contribution < 1.29 is 0 Å². The van der Waals surface area contributed by atoms with E-state index >= 15 is 0 Å². The van der Waals surface area contributed by atoms with Gasteiger partial charge in [-0.05, 0) is 11.6 Å². The molecule has 0 aliphatic heterocycles. The normalized spacial score (nSPS) is 11.4. The summed E-state index contributed by atoms with van der Waals surface area (Å²) in [6.07, 6.45) is 1.87. The fraction of sp³-hybridized carbons (Fsp3) is 0.333. The largest absolute Gasteiger partial charge is 0.130 e. The van der Waals surface area contributed by atoms with Gasteiger partial charge in [-0.3, -0.25) is 0 Å². The van der Waals surface area contributed by atoms with Gasteiger partial charge in [0.25, 0.3) is 0 Å². The molecule has 0 bridgehead atoms. The summed E-state index contributed by atoms with van der Waals surface area (Å²) in [4.78, 5) is 0. The predicted octanol–water partition coefficient (Wildman–Crippen LogP) is 3.90. The van der Waals surface area contributed by atoms with Crippen LogP contribution in [0.4, 0.5) is 0 Å². The second-order valence-electron chi connectivity index (χ2n) is 4.42. The fourth-order valence-corrected chi connectivity index (χ4v) is 3.09. The Balaban J connectivity index is 2.73. The van der Waals surface area contributed by atoms with E-state index in [4.69, 9.17) is 11.6 Å². The van der Waals surface area contributed by atoms with Crippen molar-refractivity contribution in [2.75, 3.05) is 5.50 Å². The highest BCUT2D eigenvalue weighted by atomic mass is 35.5. The minimum atomic E-state index is -1.21. The molecule has 0 radical (unpaired) electrons. The molecule has 0 spiro atoms. The van der Waals surface area contributed by atoms with Crippen LogP contribution >= 0.6 is 11.6 Å². The summed E-state index contributed by atoms with van der Waals surface area (Å²) in [5.74, 6) is 0. The lowest BCUT2D eigenvalue weighted by Gasteiger charge is -2.18. The molecule has 0 atom stereocenters. The zero-order valence-electron chi connectivity index (χ0n) is 8.89. The molecule has 0 amide bonds. The van der Waals surface area contributed by atoms with Crippen LogP contribution in [0.3, 0.4) is 0 Å². The lowest BCUT2D eigenvalue weighted by molar-refractivity contribution is 1.30. The molecule has 1 rings (SSSR count). The summed E-state index contributed by atoms with van der Waals surface area (Å²) in [5, 5.41) is 0. The Bertz CT molecular complexity index is 301. The number of hydrogen-bond acceptors (Lipinski definition) is 0. The van der Waals surface area contributed by atoms with Crippen LogP contribution < -0.4 is 0 Å². The van der Waals surface area contributed by atoms with Crippen LogP contribution in [0.15, 0.2) is 30.8 Å². The van der Waals surface area contributed by atoms with E-state index in [1.54, 1.807) is 0 Å². The first-order valence-corrected chi connectivity index (χ1v) is 8.79. The van der Waals surface area contributed by atoms with Crippen LogP contribution in [0.2, 0.25) is 13.1 Å². The second kappa shape index (κ2) is 4.81. The van der Waals surface area contributed by atoms with E-state index in [1.807, 2.05) is 6.08 Å². The molecule has 0 aliphatic rings. The summed E-state index contributed by atoms with van der Waals surface area (Å²) < 4.78 is 0. The molecular weight excluding hydrogens is 208 g/mol. The molecule has 0 unspecified atom stereocenters. The Hall–Kier alpha value is -0.533. The molecule has 14 heavy (non-hydrogen) atoms. The summed E-state index contributed by atoms with van der Waals surface area (Å²) >= 11 is 5.95. The van der Waals surface area contributed by atoms with Crippen LogP contribution in [0.1, 0.15) is 11.1 Å². The van der Waals surface area contributed by atoms with Crippen molar-refractivity contribution >= 4 is 25.8 Å². The third-order valence-electron chi connectivity index (χ3n) is 2.26. The highest BCUT2D eigenvalue weighted by Crippen LogP contribution is 2.14. The SMILES string of the molecule is C=Cc1ccc(C[Si](C)(C)CCl)cc1. The van der Waals surface area contributed by atoms with E-state index in [9.17, 15) is 0 Å². The van der Waals surface area contributed by atoms with E-state index in [0.717, 1.165) is 11.5 Å². The van der Waals surface area contributed by atoms with E-state index < -0.39 is 8.07 Å². The van der Waals surface area contributed by atoms with Crippen LogP contribution in [0, 0.1) is 0 Å². The monoisotopic (exact) mass is 224 g/mol. The molecule has 0 saturated carbocycles. The Labute approximate surface area is 92.6 Å². The van der Waals surface area contributed by atoms with Gasteiger partial charge in [0.15, 0.2) is 0 Å². The second-order valence-corrected chi connectivity index (χ2v) is 10.2. The van der Waals surface area contributed by atoms with Gasteiger partial charge in [-0.15, -0.1) is 11.6 Å². The van der Waals surface area contributed by atoms with Gasteiger partial charge in [0, 0.05) is 5.50 Å². The fourth-order valence-electron chi connectivity index (χ4n) is 1.37. The predicted molar refractivity (Wildman–Crippen MR) is 68.4 cm³/mol. The van der Waals surface area contributed by atoms with Crippen molar-refractivity contribution in [2.24, 2.45) is 0 Å². The Morgan fingerprint density at radius 1 is 1.29 bits per heavy atom. The van der Waals surface area contributed by atoms with Gasteiger partial charge < -0.3 is 0 Å². The molecule has 0 aliphatic carbocycles. The van der Waals surface area contributed by atoms with Gasteiger partial charge in [0.2, 0.25) is 0 Å². The first-order valence-electron chi connectivity index (χ1n) is 4.85. The quantitative estimate of drug-likeness (QED) is 0.538. The van der Waals surface area contributed by atoms with Gasteiger partial charge in [-0.2, -0.15) is 0 Å². The zero-order valence-corrected chi connectivity index (χ0v) is 10.6. The van der Waals surface area contributed by atoms with Gasteiger partial charge in [-0.1, -0.05) is 55.6 Å². The van der Waals surface area contributed by atoms with Gasteiger partial charge in [-0.25, -0.2) is 0 Å². The van der Waals surface area contributed by atoms with Crippen molar-refractivity contribution in [2.45, 2.75) is 19.1 Å². The molecule has 76 valence electrons. The summed E-state index contributed by atoms with van der Waals surface area (Å²) in [7, 11) is -1.21. The van der Waals surface area contributed by atoms with Crippen molar-refractivity contribution in [3.05, 3.63) is 42.0 Å². The maximum absolute atomic E-state index is 5.95. The maximum Gasteiger partial charge on any atom is 0.0682 e. The number of rotatable bonds is 4. The van der Waals surface area contributed by atoms with E-state index in [0.29, 0.717) is 0 Å². The highest BCUT2D eigenvalue weighted by Gasteiger charge is 2.19. The third-order valence-corrected chi connectivity index (χ3v) is 6.52. The maximum atomic E-state index is 5.95. The number of benzene rings is 1. The van der Waals surface area contributed by atoms with E-state index in [-0.39, 0.29) is 0 Å². The van der Waals surface area contributed by atoms with Crippen molar-refractivity contribution in [3.63, 3.8) is 0 Å². The molecule has 1 aromatic rings. The van der Waals surface area contributed by atoms with Crippen LogP contribution in [-0.2, 0) is 6.04 Å². The molecule has 0 nitrogen and oxygen atoms in total. The standard InChI is InChI=1S/C12H17ClSi/c1-4-11-5-7-12(8-6-11)9-14(2,3)10-13/h4-8H,1,9-10H2,2-3H3. The number of alkyl halides is 1. The lowest BCUT2D eigenvalue weighted by atomic mass is 10.1. The molecule has 0 N–H and O–H groups in total. The van der Waals surface area contributed by atoms with Crippen molar-refractivity contribution in [1.82, 2.24) is 0 Å². The smallest absolute Gasteiger partial charge is 0.0682 e. The molecular formula is C12H17ClSi. The van der Waals surface area contributed by atoms with Crippen LogP contribution in [0.5, 0.6) is 0 Å². The molecule has 2 heteroatoms. The molecule has 0 fully saturated rings. The first-order chi connectivity index (χ1) is 6.57. The van der Waals surface area contributed by atoms with Gasteiger partial charge in [0.1, 0.15) is 0 Å². The summed E-state index contributed by atoms with van der Waals surface area (Å²) in [5.41, 5.74) is 3.41. The Morgan fingerprint density at radius 3 is 2.29 bits per heavy atom. The van der Waals surface area contributed by atoms with Crippen molar-refractivity contribution in [1.29, 1.82) is 0 Å². The number of hydrogen-bond donors (Lipinski definition) is 0. The van der Waals surface area contributed by atoms with Crippen molar-refractivity contribution in [3.8, 4) is 0 Å². The topological polar surface area (TPSA) is 0 Å². The van der Waals surface area contributed by atoms with Gasteiger partial charge >= 0.3 is 0 Å². The highest BCUT2D eigenvalue weighted by molar-refractivity contribution is 6.82. The number of halogens is 1. The zero-order chi connectivity index (χ0) is 10.6. The first kappa shape index (κ1) is 11.5. The molecule has 0 heterocycles. The average Bonchev–Trinajstić information content (AvgIpc) is 2.19. The van der Waals surface area contributed by atoms with Gasteiger partial charge in [0.05, 0.1) is 8.07 Å². The minimum absolute atomic E-state index is 0.830. The summed E-state index contributed by atoms with van der Waals surface area (Å²) in [6.45, 7) is 8.38. The van der Waals surface area contributed by atoms with Crippen LogP contribution in [-0.4, -0.2) is 13.6 Å². The lowest BCUT2D eigenvalue weighted by Crippen LogP contribution is -2.31. The Morgan fingerprint density at radius 2 is 1.86 bits per heavy atom. The van der Waals surface area contributed by atoms with E-state index in [1.165, 1.54) is 11.1 Å².